The van der Waals surface area contributed by atoms with Gasteiger partial charge in [-0.05, 0) is 55.2 Å². The molecule has 2 N–H and O–H groups in total. The van der Waals surface area contributed by atoms with Crippen LogP contribution in [0.5, 0.6) is 0 Å². The Morgan fingerprint density at radius 1 is 1.13 bits per heavy atom. The summed E-state index contributed by atoms with van der Waals surface area (Å²) in [6, 6.07) is 15.5. The van der Waals surface area contributed by atoms with Crippen molar-refractivity contribution in [2.75, 3.05) is 10.6 Å². The molecule has 0 aliphatic heterocycles. The SMILES string of the molecule is CCC(C)c1ccccc1NC(=S)Nc1cccc(C(C)=O)c1. The van der Waals surface area contributed by atoms with Crippen molar-refractivity contribution in [3.05, 3.63) is 59.7 Å². The van der Waals surface area contributed by atoms with Crippen LogP contribution in [-0.4, -0.2) is 10.9 Å². The van der Waals surface area contributed by atoms with Crippen molar-refractivity contribution >= 4 is 34.5 Å². The number of Topliss-reactive ketones (excluding diaryl/α,β-unsaturated/α-hetero) is 1. The molecule has 2 aromatic rings. The molecule has 0 saturated heterocycles. The zero-order chi connectivity index (χ0) is 16.8. The van der Waals surface area contributed by atoms with Gasteiger partial charge >= 0.3 is 0 Å². The van der Waals surface area contributed by atoms with Crippen molar-refractivity contribution in [2.45, 2.75) is 33.1 Å². The lowest BCUT2D eigenvalue weighted by Gasteiger charge is -2.17. The predicted molar refractivity (Wildman–Crippen MR) is 101 cm³/mol. The third kappa shape index (κ3) is 4.63. The number of para-hydroxylation sites is 1. The summed E-state index contributed by atoms with van der Waals surface area (Å²) in [5.41, 5.74) is 3.73. The van der Waals surface area contributed by atoms with E-state index < -0.39 is 0 Å². The second kappa shape index (κ2) is 7.88. The molecule has 4 heteroatoms. The van der Waals surface area contributed by atoms with Gasteiger partial charge in [-0.15, -0.1) is 0 Å². The van der Waals surface area contributed by atoms with E-state index in [4.69, 9.17) is 12.2 Å². The Labute approximate surface area is 143 Å². The van der Waals surface area contributed by atoms with Crippen LogP contribution in [0.15, 0.2) is 48.5 Å². The van der Waals surface area contributed by atoms with E-state index in [9.17, 15) is 4.79 Å². The number of thiocarbonyl (C=S) groups is 1. The van der Waals surface area contributed by atoms with E-state index >= 15 is 0 Å². The van der Waals surface area contributed by atoms with Crippen molar-refractivity contribution in [1.29, 1.82) is 0 Å². The van der Waals surface area contributed by atoms with E-state index in [1.807, 2.05) is 30.3 Å². The van der Waals surface area contributed by atoms with E-state index in [2.05, 4.69) is 30.5 Å². The van der Waals surface area contributed by atoms with Crippen LogP contribution in [0.2, 0.25) is 0 Å². The number of benzene rings is 2. The average Bonchev–Trinajstić information content (AvgIpc) is 2.54. The molecule has 0 aliphatic rings. The summed E-state index contributed by atoms with van der Waals surface area (Å²) in [5, 5.41) is 6.91. The second-order valence-electron chi connectivity index (χ2n) is 5.61. The summed E-state index contributed by atoms with van der Waals surface area (Å²) in [6.07, 6.45) is 1.07. The summed E-state index contributed by atoms with van der Waals surface area (Å²) in [7, 11) is 0. The molecule has 120 valence electrons. The molecule has 23 heavy (non-hydrogen) atoms. The first-order chi connectivity index (χ1) is 11.0. The maximum atomic E-state index is 11.5. The highest BCUT2D eigenvalue weighted by Gasteiger charge is 2.09. The Hall–Kier alpha value is -2.20. The van der Waals surface area contributed by atoms with Gasteiger partial charge in [0.1, 0.15) is 0 Å². The zero-order valence-corrected chi connectivity index (χ0v) is 14.5. The molecule has 0 bridgehead atoms. The van der Waals surface area contributed by atoms with Gasteiger partial charge < -0.3 is 10.6 Å². The topological polar surface area (TPSA) is 41.1 Å². The second-order valence-corrected chi connectivity index (χ2v) is 6.02. The van der Waals surface area contributed by atoms with Gasteiger partial charge in [0.05, 0.1) is 0 Å². The highest BCUT2D eigenvalue weighted by atomic mass is 32.1. The van der Waals surface area contributed by atoms with Gasteiger partial charge in [-0.3, -0.25) is 4.79 Å². The van der Waals surface area contributed by atoms with Crippen LogP contribution >= 0.6 is 12.2 Å². The van der Waals surface area contributed by atoms with Gasteiger partial charge in [0.2, 0.25) is 0 Å². The number of rotatable bonds is 5. The van der Waals surface area contributed by atoms with E-state index in [-0.39, 0.29) is 5.78 Å². The lowest BCUT2D eigenvalue weighted by Crippen LogP contribution is -2.20. The van der Waals surface area contributed by atoms with Gasteiger partial charge in [0.15, 0.2) is 10.9 Å². The Kier molecular flexibility index (Phi) is 5.88. The Morgan fingerprint density at radius 2 is 1.87 bits per heavy atom. The van der Waals surface area contributed by atoms with Crippen molar-refractivity contribution in [1.82, 2.24) is 0 Å². The average molecular weight is 326 g/mol. The summed E-state index contributed by atoms with van der Waals surface area (Å²) >= 11 is 5.40. The molecular formula is C19H22N2OS. The van der Waals surface area contributed by atoms with Gasteiger partial charge in [-0.2, -0.15) is 0 Å². The first-order valence-corrected chi connectivity index (χ1v) is 8.20. The molecule has 1 atom stereocenters. The maximum absolute atomic E-state index is 11.5. The lowest BCUT2D eigenvalue weighted by molar-refractivity contribution is 0.101. The van der Waals surface area contributed by atoms with E-state index in [0.29, 0.717) is 16.6 Å². The van der Waals surface area contributed by atoms with E-state index in [0.717, 1.165) is 17.8 Å². The number of ketones is 1. The third-order valence-electron chi connectivity index (χ3n) is 3.88. The number of carbonyl (C=O) groups excluding carboxylic acids is 1. The van der Waals surface area contributed by atoms with Gasteiger partial charge in [0.25, 0.3) is 0 Å². The van der Waals surface area contributed by atoms with Crippen LogP contribution in [0, 0.1) is 0 Å². The first-order valence-electron chi connectivity index (χ1n) is 7.79. The van der Waals surface area contributed by atoms with E-state index in [1.54, 1.807) is 19.1 Å². The number of hydrogen-bond acceptors (Lipinski definition) is 2. The molecule has 2 aromatic carbocycles. The molecule has 0 aromatic heterocycles. The fourth-order valence-corrected chi connectivity index (χ4v) is 2.59. The Balaban J connectivity index is 2.11. The van der Waals surface area contributed by atoms with Gasteiger partial charge in [-0.1, -0.05) is 44.2 Å². The maximum Gasteiger partial charge on any atom is 0.175 e. The van der Waals surface area contributed by atoms with Gasteiger partial charge in [-0.25, -0.2) is 0 Å². The van der Waals surface area contributed by atoms with Crippen molar-refractivity contribution in [3.63, 3.8) is 0 Å². The highest BCUT2D eigenvalue weighted by molar-refractivity contribution is 7.80. The minimum Gasteiger partial charge on any atom is -0.332 e. The van der Waals surface area contributed by atoms with Crippen LogP contribution in [-0.2, 0) is 0 Å². The number of carbonyl (C=O) groups is 1. The number of hydrogen-bond donors (Lipinski definition) is 2. The third-order valence-corrected chi connectivity index (χ3v) is 4.08. The minimum atomic E-state index is 0.0367. The van der Waals surface area contributed by atoms with Crippen LogP contribution < -0.4 is 10.6 Å². The lowest BCUT2D eigenvalue weighted by atomic mass is 9.97. The highest BCUT2D eigenvalue weighted by Crippen LogP contribution is 2.26. The molecule has 0 amide bonds. The molecule has 0 radical (unpaired) electrons. The minimum absolute atomic E-state index is 0.0367. The van der Waals surface area contributed by atoms with Crippen LogP contribution in [0.4, 0.5) is 11.4 Å². The van der Waals surface area contributed by atoms with Crippen molar-refractivity contribution in [2.24, 2.45) is 0 Å². The molecule has 0 aliphatic carbocycles. The summed E-state index contributed by atoms with van der Waals surface area (Å²) in [5.74, 6) is 0.497. The number of anilines is 2. The standard InChI is InChI=1S/C19H22N2OS/c1-4-13(2)17-10-5-6-11-18(17)21-19(23)20-16-9-7-8-15(12-16)14(3)22/h5-13H,4H2,1-3H3,(H2,20,21,23). The molecule has 1 unspecified atom stereocenters. The van der Waals surface area contributed by atoms with E-state index in [1.165, 1.54) is 5.56 Å². The predicted octanol–water partition coefficient (Wildman–Crippen LogP) is 5.21. The number of nitrogens with one attached hydrogen (secondary N) is 2. The zero-order valence-electron chi connectivity index (χ0n) is 13.7. The summed E-state index contributed by atoms with van der Waals surface area (Å²) in [6.45, 7) is 5.93. The fourth-order valence-electron chi connectivity index (χ4n) is 2.36. The first kappa shape index (κ1) is 17.2. The summed E-state index contributed by atoms with van der Waals surface area (Å²) in [4.78, 5) is 11.5. The molecule has 0 fully saturated rings. The fraction of sp³-hybridized carbons (Fsp3) is 0.263. The van der Waals surface area contributed by atoms with Crippen molar-refractivity contribution in [3.8, 4) is 0 Å². The summed E-state index contributed by atoms with van der Waals surface area (Å²) < 4.78 is 0. The van der Waals surface area contributed by atoms with Crippen LogP contribution in [0.3, 0.4) is 0 Å². The van der Waals surface area contributed by atoms with Gasteiger partial charge in [0, 0.05) is 16.9 Å². The molecule has 0 spiro atoms. The smallest absolute Gasteiger partial charge is 0.175 e. The van der Waals surface area contributed by atoms with Crippen LogP contribution in [0.25, 0.3) is 0 Å². The Bertz CT molecular complexity index is 712. The molecular weight excluding hydrogens is 304 g/mol. The monoisotopic (exact) mass is 326 g/mol. The normalized spacial score (nSPS) is 11.6. The molecule has 0 saturated carbocycles. The molecule has 3 nitrogen and oxygen atoms in total. The Morgan fingerprint density at radius 3 is 2.57 bits per heavy atom. The molecule has 0 heterocycles. The largest absolute Gasteiger partial charge is 0.332 e. The quantitative estimate of drug-likeness (QED) is 0.584. The van der Waals surface area contributed by atoms with Crippen LogP contribution in [0.1, 0.15) is 49.0 Å². The molecule has 2 rings (SSSR count). The van der Waals surface area contributed by atoms with Crippen molar-refractivity contribution < 1.29 is 4.79 Å².